The molecule has 0 aromatic carbocycles. The van der Waals surface area contributed by atoms with Gasteiger partial charge in [0.1, 0.15) is 0 Å². The third-order valence-electron chi connectivity index (χ3n) is 3.23. The summed E-state index contributed by atoms with van der Waals surface area (Å²) in [6.07, 6.45) is 1.87. The Balaban J connectivity index is 2.07. The van der Waals surface area contributed by atoms with Crippen molar-refractivity contribution < 1.29 is 9.26 Å². The van der Waals surface area contributed by atoms with Crippen molar-refractivity contribution in [3.8, 4) is 0 Å². The summed E-state index contributed by atoms with van der Waals surface area (Å²) in [7, 11) is 1.69. The molecule has 0 saturated carbocycles. The highest BCUT2D eigenvalue weighted by molar-refractivity contribution is 5.07. The van der Waals surface area contributed by atoms with Crippen molar-refractivity contribution in [1.29, 1.82) is 0 Å². The molecule has 1 aliphatic heterocycles. The third-order valence-corrected chi connectivity index (χ3v) is 3.23. The smallest absolute Gasteiger partial charge is 0.233 e. The first-order chi connectivity index (χ1) is 7.64. The Morgan fingerprint density at radius 1 is 1.62 bits per heavy atom. The Hall–Kier alpha value is -0.940. The molecule has 1 fully saturated rings. The topological polar surface area (TPSA) is 60.2 Å². The van der Waals surface area contributed by atoms with Crippen LogP contribution >= 0.6 is 0 Å². The van der Waals surface area contributed by atoms with Gasteiger partial charge in [-0.25, -0.2) is 0 Å². The molecule has 90 valence electrons. The van der Waals surface area contributed by atoms with Gasteiger partial charge in [0.2, 0.25) is 5.89 Å². The van der Waals surface area contributed by atoms with Crippen molar-refractivity contribution >= 4 is 0 Å². The number of nitrogens with zero attached hydrogens (tertiary/aromatic N) is 2. The monoisotopic (exact) mass is 225 g/mol. The molecule has 0 bridgehead atoms. The van der Waals surface area contributed by atoms with Crippen LogP contribution in [0.15, 0.2) is 4.52 Å². The summed E-state index contributed by atoms with van der Waals surface area (Å²) in [5, 5.41) is 7.32. The van der Waals surface area contributed by atoms with Gasteiger partial charge < -0.3 is 14.6 Å². The molecule has 2 atom stereocenters. The quantitative estimate of drug-likeness (QED) is 0.825. The van der Waals surface area contributed by atoms with E-state index in [1.807, 2.05) is 6.92 Å². The van der Waals surface area contributed by atoms with Gasteiger partial charge in [0.05, 0.1) is 11.5 Å². The lowest BCUT2D eigenvalue weighted by Crippen LogP contribution is -2.25. The molecule has 2 heterocycles. The van der Waals surface area contributed by atoms with Crippen LogP contribution in [0.5, 0.6) is 0 Å². The van der Waals surface area contributed by atoms with Crippen LogP contribution in [0.1, 0.15) is 32.0 Å². The highest BCUT2D eigenvalue weighted by Gasteiger charge is 2.36. The van der Waals surface area contributed by atoms with Gasteiger partial charge in [-0.2, -0.15) is 4.98 Å². The third kappa shape index (κ3) is 2.25. The van der Waals surface area contributed by atoms with Gasteiger partial charge in [-0.15, -0.1) is 0 Å². The molecule has 0 aliphatic carbocycles. The lowest BCUT2D eigenvalue weighted by atomic mass is 9.90. The van der Waals surface area contributed by atoms with Gasteiger partial charge >= 0.3 is 0 Å². The van der Waals surface area contributed by atoms with E-state index in [4.69, 9.17) is 9.26 Å². The molecule has 1 aliphatic rings. The lowest BCUT2D eigenvalue weighted by Gasteiger charge is -2.15. The zero-order valence-corrected chi connectivity index (χ0v) is 10.1. The second kappa shape index (κ2) is 4.51. The number of aromatic nitrogens is 2. The van der Waals surface area contributed by atoms with E-state index in [1.54, 1.807) is 7.11 Å². The summed E-state index contributed by atoms with van der Waals surface area (Å²) in [6, 6.07) is 0. The maximum absolute atomic E-state index is 5.34. The minimum absolute atomic E-state index is 0.00155. The molecular weight excluding hydrogens is 206 g/mol. The number of rotatable bonds is 4. The molecular formula is C11H19N3O2. The standard InChI is InChI=1S/C11H19N3O2/c1-8(15-3)6-9-13-10(16-14-9)11(2)4-5-12-7-11/h8,12H,4-7H2,1-3H3. The summed E-state index contributed by atoms with van der Waals surface area (Å²) >= 11 is 0. The van der Waals surface area contributed by atoms with Gasteiger partial charge in [0.15, 0.2) is 5.82 Å². The maximum Gasteiger partial charge on any atom is 0.233 e. The Kier molecular flexibility index (Phi) is 3.25. The van der Waals surface area contributed by atoms with Gasteiger partial charge in [-0.3, -0.25) is 0 Å². The Labute approximate surface area is 95.6 Å². The van der Waals surface area contributed by atoms with E-state index < -0.39 is 0 Å². The fourth-order valence-corrected chi connectivity index (χ4v) is 1.92. The molecule has 0 spiro atoms. The average molecular weight is 225 g/mol. The first-order valence-corrected chi connectivity index (χ1v) is 5.70. The summed E-state index contributed by atoms with van der Waals surface area (Å²) in [6.45, 7) is 6.08. The maximum atomic E-state index is 5.34. The van der Waals surface area contributed by atoms with Gasteiger partial charge in [-0.1, -0.05) is 5.16 Å². The Bertz CT molecular complexity index is 345. The molecule has 1 aromatic rings. The van der Waals surface area contributed by atoms with E-state index in [0.717, 1.165) is 31.2 Å². The fraction of sp³-hybridized carbons (Fsp3) is 0.818. The van der Waals surface area contributed by atoms with Crippen LogP contribution in [0.4, 0.5) is 0 Å². The number of nitrogens with one attached hydrogen (secondary N) is 1. The van der Waals surface area contributed by atoms with Crippen molar-refractivity contribution in [3.05, 3.63) is 11.7 Å². The molecule has 1 saturated heterocycles. The SMILES string of the molecule is COC(C)Cc1noc(C2(C)CCNC2)n1. The van der Waals surface area contributed by atoms with E-state index in [-0.39, 0.29) is 11.5 Å². The van der Waals surface area contributed by atoms with Crippen molar-refractivity contribution in [2.75, 3.05) is 20.2 Å². The number of hydrogen-bond acceptors (Lipinski definition) is 5. The molecule has 16 heavy (non-hydrogen) atoms. The van der Waals surface area contributed by atoms with E-state index in [0.29, 0.717) is 6.42 Å². The molecule has 0 radical (unpaired) electrons. The predicted molar refractivity (Wildman–Crippen MR) is 59.3 cm³/mol. The van der Waals surface area contributed by atoms with Crippen molar-refractivity contribution in [1.82, 2.24) is 15.5 Å². The molecule has 5 nitrogen and oxygen atoms in total. The number of hydrogen-bond donors (Lipinski definition) is 1. The van der Waals surface area contributed by atoms with Gasteiger partial charge in [-0.05, 0) is 26.8 Å². The lowest BCUT2D eigenvalue weighted by molar-refractivity contribution is 0.116. The first kappa shape index (κ1) is 11.5. The zero-order chi connectivity index (χ0) is 11.6. The first-order valence-electron chi connectivity index (χ1n) is 5.70. The molecule has 1 N–H and O–H groups in total. The average Bonchev–Trinajstić information content (AvgIpc) is 2.88. The summed E-state index contributed by atoms with van der Waals surface area (Å²) < 4.78 is 10.5. The van der Waals surface area contributed by atoms with Crippen LogP contribution < -0.4 is 5.32 Å². The van der Waals surface area contributed by atoms with Crippen LogP contribution in [0, 0.1) is 0 Å². The largest absolute Gasteiger partial charge is 0.381 e. The van der Waals surface area contributed by atoms with Gasteiger partial charge in [0, 0.05) is 20.1 Å². The van der Waals surface area contributed by atoms with Crippen molar-refractivity contribution in [3.63, 3.8) is 0 Å². The second-order valence-electron chi connectivity index (χ2n) is 4.75. The Morgan fingerprint density at radius 3 is 3.06 bits per heavy atom. The van der Waals surface area contributed by atoms with Crippen molar-refractivity contribution in [2.45, 2.75) is 38.2 Å². The van der Waals surface area contributed by atoms with Crippen LogP contribution in [0.2, 0.25) is 0 Å². The highest BCUT2D eigenvalue weighted by Crippen LogP contribution is 2.28. The fourth-order valence-electron chi connectivity index (χ4n) is 1.92. The van der Waals surface area contributed by atoms with Crippen LogP contribution in [-0.4, -0.2) is 36.4 Å². The van der Waals surface area contributed by atoms with Crippen molar-refractivity contribution in [2.24, 2.45) is 0 Å². The summed E-state index contributed by atoms with van der Waals surface area (Å²) in [4.78, 5) is 4.45. The normalized spacial score (nSPS) is 27.2. The minimum Gasteiger partial charge on any atom is -0.381 e. The zero-order valence-electron chi connectivity index (χ0n) is 10.1. The predicted octanol–water partition coefficient (Wildman–Crippen LogP) is 0.898. The molecule has 0 amide bonds. The van der Waals surface area contributed by atoms with Crippen LogP contribution in [0.25, 0.3) is 0 Å². The number of ether oxygens (including phenoxy) is 1. The second-order valence-corrected chi connectivity index (χ2v) is 4.75. The van der Waals surface area contributed by atoms with E-state index in [2.05, 4.69) is 22.4 Å². The van der Waals surface area contributed by atoms with E-state index in [9.17, 15) is 0 Å². The number of methoxy groups -OCH3 is 1. The minimum atomic E-state index is 0.00155. The Morgan fingerprint density at radius 2 is 2.44 bits per heavy atom. The molecule has 5 heteroatoms. The summed E-state index contributed by atoms with van der Waals surface area (Å²) in [5.74, 6) is 1.48. The highest BCUT2D eigenvalue weighted by atomic mass is 16.5. The molecule has 1 aromatic heterocycles. The van der Waals surface area contributed by atoms with E-state index >= 15 is 0 Å². The molecule has 2 unspecified atom stereocenters. The van der Waals surface area contributed by atoms with Crippen LogP contribution in [-0.2, 0) is 16.6 Å². The summed E-state index contributed by atoms with van der Waals surface area (Å²) in [5.41, 5.74) is 0.00155. The van der Waals surface area contributed by atoms with Crippen LogP contribution in [0.3, 0.4) is 0 Å². The van der Waals surface area contributed by atoms with Gasteiger partial charge in [0.25, 0.3) is 0 Å². The van der Waals surface area contributed by atoms with E-state index in [1.165, 1.54) is 0 Å². The molecule has 2 rings (SSSR count).